The maximum atomic E-state index is 12.6. The number of likely N-dealkylation sites (tertiary alicyclic amines) is 1. The molecule has 1 N–H and O–H groups in total. The van der Waals surface area contributed by atoms with Crippen LogP contribution in [0.2, 0.25) is 0 Å². The van der Waals surface area contributed by atoms with Crippen LogP contribution >= 0.6 is 0 Å². The van der Waals surface area contributed by atoms with Crippen LogP contribution in [0.4, 0.5) is 0 Å². The van der Waals surface area contributed by atoms with Gasteiger partial charge in [0.1, 0.15) is 17.0 Å². The zero-order chi connectivity index (χ0) is 17.5. The van der Waals surface area contributed by atoms with Crippen LogP contribution in [-0.2, 0) is 0 Å². The summed E-state index contributed by atoms with van der Waals surface area (Å²) in [7, 11) is 0. The summed E-state index contributed by atoms with van der Waals surface area (Å²) in [5, 5.41) is 7.04. The van der Waals surface area contributed by atoms with Gasteiger partial charge >= 0.3 is 0 Å². The first-order valence-electron chi connectivity index (χ1n) is 9.13. The number of hydrogen-bond acceptors (Lipinski definition) is 5. The Morgan fingerprint density at radius 2 is 2.08 bits per heavy atom. The van der Waals surface area contributed by atoms with E-state index in [1.165, 1.54) is 38.8 Å². The fraction of sp³-hybridized carbons (Fsp3) is 0.526. The Kier molecular flexibility index (Phi) is 6.17. The molecule has 3 rings (SSSR count). The fourth-order valence-electron chi connectivity index (χ4n) is 3.29. The van der Waals surface area contributed by atoms with Gasteiger partial charge in [0.2, 0.25) is 0 Å². The van der Waals surface area contributed by atoms with Crippen LogP contribution in [0.25, 0.3) is 11.3 Å². The molecule has 1 aliphatic heterocycles. The molecule has 0 unspecified atom stereocenters. The molecule has 0 aromatic carbocycles. The average Bonchev–Trinajstić information content (AvgIpc) is 2.84. The number of carbonyl (C=O) groups is 1. The largest absolute Gasteiger partial charge is 0.360 e. The maximum Gasteiger partial charge on any atom is 0.257 e. The van der Waals surface area contributed by atoms with Gasteiger partial charge in [-0.15, -0.1) is 0 Å². The number of nitrogens with zero attached hydrogens (tertiary/aromatic N) is 3. The van der Waals surface area contributed by atoms with Crippen molar-refractivity contribution in [2.45, 2.75) is 39.0 Å². The number of nitrogens with one attached hydrogen (secondary N) is 1. The van der Waals surface area contributed by atoms with Crippen LogP contribution in [0.3, 0.4) is 0 Å². The summed E-state index contributed by atoms with van der Waals surface area (Å²) >= 11 is 0. The SMILES string of the molecule is Cc1onc(-c2cccnc2)c1C(=O)NCCCN1CCCCCC1. The summed E-state index contributed by atoms with van der Waals surface area (Å²) in [6.45, 7) is 5.83. The summed E-state index contributed by atoms with van der Waals surface area (Å²) in [6, 6.07) is 3.70. The lowest BCUT2D eigenvalue weighted by Crippen LogP contribution is -2.31. The highest BCUT2D eigenvalue weighted by molar-refractivity contribution is 6.00. The third-order valence-corrected chi connectivity index (χ3v) is 4.66. The third-order valence-electron chi connectivity index (χ3n) is 4.66. The zero-order valence-corrected chi connectivity index (χ0v) is 14.8. The number of aryl methyl sites for hydroxylation is 1. The van der Waals surface area contributed by atoms with E-state index in [-0.39, 0.29) is 5.91 Å². The highest BCUT2D eigenvalue weighted by atomic mass is 16.5. The van der Waals surface area contributed by atoms with E-state index in [9.17, 15) is 4.79 Å². The first-order valence-corrected chi connectivity index (χ1v) is 9.13. The molecular weight excluding hydrogens is 316 g/mol. The van der Waals surface area contributed by atoms with Gasteiger partial charge in [0.25, 0.3) is 5.91 Å². The molecule has 0 saturated carbocycles. The molecule has 3 heterocycles. The molecule has 0 spiro atoms. The summed E-state index contributed by atoms with van der Waals surface area (Å²) in [6.07, 6.45) is 9.61. The van der Waals surface area contributed by atoms with E-state index in [1.807, 2.05) is 12.1 Å². The molecule has 0 bridgehead atoms. The standard InChI is InChI=1S/C19H26N4O2/c1-15-17(18(22-25-15)16-8-6-9-20-14-16)19(24)21-10-7-13-23-11-4-2-3-5-12-23/h6,8-9,14H,2-5,7,10-13H2,1H3,(H,21,24). The number of hydrogen-bond donors (Lipinski definition) is 1. The lowest BCUT2D eigenvalue weighted by Gasteiger charge is -2.19. The maximum absolute atomic E-state index is 12.6. The van der Waals surface area contributed by atoms with Gasteiger partial charge in [-0.3, -0.25) is 9.78 Å². The molecule has 1 fully saturated rings. The van der Waals surface area contributed by atoms with Crippen molar-refractivity contribution < 1.29 is 9.32 Å². The van der Waals surface area contributed by atoms with Crippen LogP contribution in [-0.4, -0.2) is 47.1 Å². The monoisotopic (exact) mass is 342 g/mol. The highest BCUT2D eigenvalue weighted by Gasteiger charge is 2.21. The van der Waals surface area contributed by atoms with Crippen molar-refractivity contribution in [3.05, 3.63) is 35.9 Å². The third kappa shape index (κ3) is 4.66. The second-order valence-corrected chi connectivity index (χ2v) is 6.57. The summed E-state index contributed by atoms with van der Waals surface area (Å²) in [4.78, 5) is 19.2. The second kappa shape index (κ2) is 8.76. The molecule has 1 aliphatic rings. The molecular formula is C19H26N4O2. The van der Waals surface area contributed by atoms with Crippen molar-refractivity contribution in [2.24, 2.45) is 0 Å². The van der Waals surface area contributed by atoms with E-state index in [4.69, 9.17) is 4.52 Å². The van der Waals surface area contributed by atoms with Gasteiger partial charge in [-0.1, -0.05) is 18.0 Å². The molecule has 2 aromatic heterocycles. The molecule has 6 heteroatoms. The van der Waals surface area contributed by atoms with Crippen LogP contribution in [0.1, 0.15) is 48.2 Å². The van der Waals surface area contributed by atoms with E-state index in [1.54, 1.807) is 19.3 Å². The molecule has 134 valence electrons. The van der Waals surface area contributed by atoms with Crippen molar-refractivity contribution in [3.63, 3.8) is 0 Å². The van der Waals surface area contributed by atoms with Gasteiger partial charge < -0.3 is 14.7 Å². The van der Waals surface area contributed by atoms with Gasteiger partial charge in [-0.2, -0.15) is 0 Å². The minimum atomic E-state index is -0.131. The summed E-state index contributed by atoms with van der Waals surface area (Å²) in [5.74, 6) is 0.400. The Balaban J connectivity index is 1.54. The Morgan fingerprint density at radius 1 is 1.28 bits per heavy atom. The van der Waals surface area contributed by atoms with Crippen molar-refractivity contribution >= 4 is 5.91 Å². The first-order chi connectivity index (χ1) is 12.3. The summed E-state index contributed by atoms with van der Waals surface area (Å²) in [5.41, 5.74) is 1.84. The highest BCUT2D eigenvalue weighted by Crippen LogP contribution is 2.24. The topological polar surface area (TPSA) is 71.3 Å². The van der Waals surface area contributed by atoms with E-state index in [0.717, 1.165) is 18.5 Å². The average molecular weight is 342 g/mol. The van der Waals surface area contributed by atoms with Crippen LogP contribution in [0.15, 0.2) is 29.0 Å². The molecule has 1 amide bonds. The predicted octanol–water partition coefficient (Wildman–Crippen LogP) is 3.04. The number of aromatic nitrogens is 2. The molecule has 1 saturated heterocycles. The predicted molar refractivity (Wildman–Crippen MR) is 96.3 cm³/mol. The Labute approximate surface area is 148 Å². The molecule has 6 nitrogen and oxygen atoms in total. The van der Waals surface area contributed by atoms with Gasteiger partial charge in [-0.25, -0.2) is 0 Å². The number of rotatable bonds is 6. The van der Waals surface area contributed by atoms with Crippen molar-refractivity contribution in [2.75, 3.05) is 26.2 Å². The second-order valence-electron chi connectivity index (χ2n) is 6.57. The fourth-order valence-corrected chi connectivity index (χ4v) is 3.29. The van der Waals surface area contributed by atoms with Crippen molar-refractivity contribution in [1.29, 1.82) is 0 Å². The number of amides is 1. The van der Waals surface area contributed by atoms with Crippen LogP contribution in [0.5, 0.6) is 0 Å². The lowest BCUT2D eigenvalue weighted by molar-refractivity contribution is 0.0950. The molecule has 0 atom stereocenters. The van der Waals surface area contributed by atoms with E-state index < -0.39 is 0 Å². The Bertz CT molecular complexity index is 676. The lowest BCUT2D eigenvalue weighted by atomic mass is 10.1. The van der Waals surface area contributed by atoms with Crippen molar-refractivity contribution in [1.82, 2.24) is 20.4 Å². The molecule has 2 aromatic rings. The zero-order valence-electron chi connectivity index (χ0n) is 14.8. The van der Waals surface area contributed by atoms with Crippen molar-refractivity contribution in [3.8, 4) is 11.3 Å². The minimum Gasteiger partial charge on any atom is -0.360 e. The van der Waals surface area contributed by atoms with Gasteiger partial charge in [0, 0.05) is 24.5 Å². The molecule has 0 radical (unpaired) electrons. The quantitative estimate of drug-likeness (QED) is 0.817. The van der Waals surface area contributed by atoms with Crippen LogP contribution < -0.4 is 5.32 Å². The molecule has 0 aliphatic carbocycles. The van der Waals surface area contributed by atoms with Gasteiger partial charge in [-0.05, 0) is 58.0 Å². The smallest absolute Gasteiger partial charge is 0.257 e. The van der Waals surface area contributed by atoms with Crippen LogP contribution in [0, 0.1) is 6.92 Å². The number of carbonyl (C=O) groups excluding carboxylic acids is 1. The summed E-state index contributed by atoms with van der Waals surface area (Å²) < 4.78 is 5.24. The first kappa shape index (κ1) is 17.6. The molecule has 25 heavy (non-hydrogen) atoms. The Hall–Kier alpha value is -2.21. The minimum absolute atomic E-state index is 0.131. The van der Waals surface area contributed by atoms with E-state index in [0.29, 0.717) is 23.6 Å². The Morgan fingerprint density at radius 3 is 2.80 bits per heavy atom. The normalized spacial score (nSPS) is 15.7. The van der Waals surface area contributed by atoms with E-state index in [2.05, 4.69) is 20.4 Å². The number of pyridine rings is 1. The van der Waals surface area contributed by atoms with Gasteiger partial charge in [0.15, 0.2) is 0 Å². The van der Waals surface area contributed by atoms with E-state index >= 15 is 0 Å². The van der Waals surface area contributed by atoms with Gasteiger partial charge in [0.05, 0.1) is 0 Å².